The number of carbonyl (C=O) groups excluding carboxylic acids is 2. The zero-order chi connectivity index (χ0) is 13.9. The smallest absolute Gasteiger partial charge is 0.410 e. The fraction of sp³-hybridized carbons (Fsp3) is 0.714. The maximum absolute atomic E-state index is 12.0. The zero-order valence-corrected chi connectivity index (χ0v) is 11.9. The number of hydrogen-bond donors (Lipinski definition) is 0. The number of hydrogen-bond acceptors (Lipinski definition) is 3. The molecular formula is C14H23NO3. The lowest BCUT2D eigenvalue weighted by molar-refractivity contribution is -0.118. The SMILES string of the molecule is CC(C)=CC(=O)C1CCCN1C(=O)OC(C)(C)C. The van der Waals surface area contributed by atoms with E-state index in [9.17, 15) is 9.59 Å². The second kappa shape index (κ2) is 5.55. The summed E-state index contributed by atoms with van der Waals surface area (Å²) in [6.45, 7) is 9.84. The van der Waals surface area contributed by atoms with E-state index in [1.165, 1.54) is 0 Å². The molecule has 0 N–H and O–H groups in total. The van der Waals surface area contributed by atoms with Crippen molar-refractivity contribution in [1.82, 2.24) is 4.90 Å². The molecule has 1 saturated heterocycles. The van der Waals surface area contributed by atoms with Crippen LogP contribution < -0.4 is 0 Å². The van der Waals surface area contributed by atoms with Gasteiger partial charge in [-0.25, -0.2) is 4.79 Å². The Morgan fingerprint density at radius 2 is 1.89 bits per heavy atom. The molecule has 0 bridgehead atoms. The number of carbonyl (C=O) groups is 2. The number of ketones is 1. The van der Waals surface area contributed by atoms with E-state index in [4.69, 9.17) is 4.74 Å². The molecule has 1 unspecified atom stereocenters. The summed E-state index contributed by atoms with van der Waals surface area (Å²) in [6, 6.07) is -0.352. The summed E-state index contributed by atoms with van der Waals surface area (Å²) >= 11 is 0. The first kappa shape index (κ1) is 14.7. The number of nitrogens with zero attached hydrogens (tertiary/aromatic N) is 1. The molecule has 0 aromatic carbocycles. The van der Waals surface area contributed by atoms with Crippen molar-refractivity contribution < 1.29 is 14.3 Å². The standard InChI is InChI=1S/C14H23NO3/c1-10(2)9-12(16)11-7-6-8-15(11)13(17)18-14(3,4)5/h9,11H,6-8H2,1-5H3. The van der Waals surface area contributed by atoms with Crippen molar-refractivity contribution >= 4 is 11.9 Å². The van der Waals surface area contributed by atoms with Crippen LogP contribution in [0.2, 0.25) is 0 Å². The van der Waals surface area contributed by atoms with E-state index in [2.05, 4.69) is 0 Å². The molecule has 1 fully saturated rings. The van der Waals surface area contributed by atoms with Crippen molar-refractivity contribution in [3.05, 3.63) is 11.6 Å². The summed E-state index contributed by atoms with van der Waals surface area (Å²) in [5.41, 5.74) is 0.431. The molecular weight excluding hydrogens is 230 g/mol. The molecule has 0 aromatic rings. The van der Waals surface area contributed by atoms with Crippen LogP contribution in [0, 0.1) is 0 Å². The maximum atomic E-state index is 12.0. The lowest BCUT2D eigenvalue weighted by Crippen LogP contribution is -2.43. The van der Waals surface area contributed by atoms with Gasteiger partial charge in [-0.3, -0.25) is 9.69 Å². The quantitative estimate of drug-likeness (QED) is 0.711. The van der Waals surface area contributed by atoms with Crippen LogP contribution >= 0.6 is 0 Å². The summed E-state index contributed by atoms with van der Waals surface area (Å²) in [5, 5.41) is 0. The minimum Gasteiger partial charge on any atom is -0.444 e. The summed E-state index contributed by atoms with van der Waals surface area (Å²) in [4.78, 5) is 25.6. The molecule has 0 radical (unpaired) electrons. The highest BCUT2D eigenvalue weighted by molar-refractivity contribution is 5.96. The molecule has 18 heavy (non-hydrogen) atoms. The van der Waals surface area contributed by atoms with Crippen molar-refractivity contribution in [3.63, 3.8) is 0 Å². The van der Waals surface area contributed by atoms with Gasteiger partial charge in [0.1, 0.15) is 5.60 Å². The zero-order valence-electron chi connectivity index (χ0n) is 11.9. The normalized spacial score (nSPS) is 19.6. The average molecular weight is 253 g/mol. The fourth-order valence-electron chi connectivity index (χ4n) is 1.98. The predicted octanol–water partition coefficient (Wildman–Crippen LogP) is 2.92. The number of rotatable bonds is 2. The Bertz CT molecular complexity index is 362. The van der Waals surface area contributed by atoms with Gasteiger partial charge in [0.25, 0.3) is 0 Å². The van der Waals surface area contributed by atoms with Crippen molar-refractivity contribution in [3.8, 4) is 0 Å². The minimum atomic E-state index is -0.524. The van der Waals surface area contributed by atoms with Crippen molar-refractivity contribution in [2.24, 2.45) is 0 Å². The van der Waals surface area contributed by atoms with Crippen molar-refractivity contribution in [2.75, 3.05) is 6.54 Å². The topological polar surface area (TPSA) is 46.6 Å². The second-order valence-electron chi connectivity index (χ2n) is 5.96. The molecule has 102 valence electrons. The lowest BCUT2D eigenvalue weighted by Gasteiger charge is -2.27. The Balaban J connectivity index is 2.74. The van der Waals surface area contributed by atoms with Gasteiger partial charge < -0.3 is 4.74 Å². The largest absolute Gasteiger partial charge is 0.444 e. The first-order valence-corrected chi connectivity index (χ1v) is 6.39. The van der Waals surface area contributed by atoms with Gasteiger partial charge >= 0.3 is 6.09 Å². The third-order valence-electron chi connectivity index (χ3n) is 2.64. The highest BCUT2D eigenvalue weighted by Crippen LogP contribution is 2.22. The van der Waals surface area contributed by atoms with E-state index in [-0.39, 0.29) is 17.9 Å². The summed E-state index contributed by atoms with van der Waals surface area (Å²) in [6.07, 6.45) is 2.79. The van der Waals surface area contributed by atoms with Gasteiger partial charge in [0.2, 0.25) is 0 Å². The molecule has 0 aliphatic carbocycles. The monoisotopic (exact) mass is 253 g/mol. The Hall–Kier alpha value is -1.32. The minimum absolute atomic E-state index is 0.00152. The summed E-state index contributed by atoms with van der Waals surface area (Å²) < 4.78 is 5.32. The molecule has 0 aromatic heterocycles. The highest BCUT2D eigenvalue weighted by atomic mass is 16.6. The molecule has 1 amide bonds. The number of allylic oxidation sites excluding steroid dienone is 1. The third kappa shape index (κ3) is 4.17. The summed E-state index contributed by atoms with van der Waals surface area (Å²) in [5.74, 6) is -0.00152. The van der Waals surface area contributed by atoms with Gasteiger partial charge in [0.15, 0.2) is 5.78 Å². The lowest BCUT2D eigenvalue weighted by atomic mass is 10.1. The van der Waals surface area contributed by atoms with E-state index in [0.717, 1.165) is 18.4 Å². The van der Waals surface area contributed by atoms with E-state index in [0.29, 0.717) is 6.54 Å². The average Bonchev–Trinajstić information content (AvgIpc) is 2.61. The van der Waals surface area contributed by atoms with E-state index >= 15 is 0 Å². The van der Waals surface area contributed by atoms with E-state index < -0.39 is 5.60 Å². The first-order valence-electron chi connectivity index (χ1n) is 6.39. The van der Waals surface area contributed by atoms with E-state index in [1.54, 1.807) is 11.0 Å². The molecule has 0 spiro atoms. The Kier molecular flexibility index (Phi) is 4.54. The van der Waals surface area contributed by atoms with Gasteiger partial charge in [-0.1, -0.05) is 5.57 Å². The third-order valence-corrected chi connectivity index (χ3v) is 2.64. The van der Waals surface area contributed by atoms with Crippen LogP contribution in [0.1, 0.15) is 47.5 Å². The molecule has 4 nitrogen and oxygen atoms in total. The molecule has 1 aliphatic rings. The molecule has 0 saturated carbocycles. The molecule has 4 heteroatoms. The van der Waals surface area contributed by atoms with Crippen LogP contribution in [0.5, 0.6) is 0 Å². The Morgan fingerprint density at radius 1 is 1.28 bits per heavy atom. The van der Waals surface area contributed by atoms with Gasteiger partial charge in [0.05, 0.1) is 6.04 Å². The van der Waals surface area contributed by atoms with Crippen LogP contribution in [-0.4, -0.2) is 35.0 Å². The maximum Gasteiger partial charge on any atom is 0.410 e. The number of amides is 1. The first-order chi connectivity index (χ1) is 8.20. The van der Waals surface area contributed by atoms with Crippen LogP contribution in [0.25, 0.3) is 0 Å². The van der Waals surface area contributed by atoms with Gasteiger partial charge in [-0.05, 0) is 53.5 Å². The Morgan fingerprint density at radius 3 is 2.39 bits per heavy atom. The number of likely N-dealkylation sites (tertiary alicyclic amines) is 1. The molecule has 1 heterocycles. The van der Waals surface area contributed by atoms with Crippen LogP contribution in [0.15, 0.2) is 11.6 Å². The fourth-order valence-corrected chi connectivity index (χ4v) is 1.98. The van der Waals surface area contributed by atoms with Crippen LogP contribution in [-0.2, 0) is 9.53 Å². The molecule has 1 atom stereocenters. The second-order valence-corrected chi connectivity index (χ2v) is 5.96. The van der Waals surface area contributed by atoms with Gasteiger partial charge in [-0.15, -0.1) is 0 Å². The van der Waals surface area contributed by atoms with E-state index in [1.807, 2.05) is 34.6 Å². The van der Waals surface area contributed by atoms with Gasteiger partial charge in [0, 0.05) is 6.54 Å². The summed E-state index contributed by atoms with van der Waals surface area (Å²) in [7, 11) is 0. The van der Waals surface area contributed by atoms with Crippen LogP contribution in [0.4, 0.5) is 4.79 Å². The molecule has 1 rings (SSSR count). The Labute approximate surface area is 109 Å². The van der Waals surface area contributed by atoms with Gasteiger partial charge in [-0.2, -0.15) is 0 Å². The predicted molar refractivity (Wildman–Crippen MR) is 70.4 cm³/mol. The van der Waals surface area contributed by atoms with Crippen molar-refractivity contribution in [1.29, 1.82) is 0 Å². The van der Waals surface area contributed by atoms with Crippen LogP contribution in [0.3, 0.4) is 0 Å². The number of ether oxygens (including phenoxy) is 1. The van der Waals surface area contributed by atoms with Crippen molar-refractivity contribution in [2.45, 2.75) is 59.1 Å². The highest BCUT2D eigenvalue weighted by Gasteiger charge is 2.35. The molecule has 1 aliphatic heterocycles.